The number of aliphatic imine (C=N–C) groups is 1. The summed E-state index contributed by atoms with van der Waals surface area (Å²) < 4.78 is 9.06. The monoisotopic (exact) mass is 345 g/mol. The van der Waals surface area contributed by atoms with Crippen molar-refractivity contribution < 1.29 is 9.53 Å². The van der Waals surface area contributed by atoms with E-state index in [2.05, 4.69) is 38.2 Å². The molecule has 7 nitrogen and oxygen atoms in total. The molecule has 0 aliphatic heterocycles. The molecule has 0 bridgehead atoms. The minimum atomic E-state index is -0.526. The van der Waals surface area contributed by atoms with Gasteiger partial charge in [0.2, 0.25) is 5.13 Å². The number of aryl methyl sites for hydroxylation is 1. The third kappa shape index (κ3) is 5.02. The lowest BCUT2D eigenvalue weighted by Gasteiger charge is -2.00. The lowest BCUT2D eigenvalue weighted by Crippen LogP contribution is -2.08. The molecule has 1 heterocycles. The van der Waals surface area contributed by atoms with Crippen LogP contribution >= 0.6 is 11.5 Å². The fourth-order valence-electron chi connectivity index (χ4n) is 1.87. The fourth-order valence-corrected chi connectivity index (χ4v) is 2.36. The molecular weight excluding hydrogens is 326 g/mol. The van der Waals surface area contributed by atoms with E-state index in [-0.39, 0.29) is 5.82 Å². The molecule has 0 radical (unpaired) electrons. The number of hydrogen-bond acceptors (Lipinski definition) is 8. The molecule has 0 saturated heterocycles. The summed E-state index contributed by atoms with van der Waals surface area (Å²) in [5.41, 5.74) is 2.39. The quantitative estimate of drug-likeness (QED) is 0.293. The van der Waals surface area contributed by atoms with Gasteiger partial charge in [-0.1, -0.05) is 19.8 Å². The first kappa shape index (κ1) is 17.9. The highest BCUT2D eigenvalue weighted by Crippen LogP contribution is 2.26. The Balaban J connectivity index is 1.98. The first-order valence-corrected chi connectivity index (χ1v) is 8.41. The van der Waals surface area contributed by atoms with Gasteiger partial charge in [0, 0.05) is 11.5 Å². The third-order valence-electron chi connectivity index (χ3n) is 3.19. The number of rotatable bonds is 8. The third-order valence-corrected chi connectivity index (χ3v) is 3.79. The Morgan fingerprint density at radius 1 is 1.33 bits per heavy atom. The fraction of sp³-hybridized carbons (Fsp3) is 0.375. The minimum absolute atomic E-state index is 0.0216. The number of ether oxygens (including phenoxy) is 1. The smallest absolute Gasteiger partial charge is 0.377 e. The highest BCUT2D eigenvalue weighted by Gasteiger charge is 2.14. The van der Waals surface area contributed by atoms with E-state index in [9.17, 15) is 4.79 Å². The molecule has 126 valence electrons. The summed E-state index contributed by atoms with van der Waals surface area (Å²) >= 11 is 1.00. The van der Waals surface area contributed by atoms with Gasteiger partial charge in [0.1, 0.15) is 0 Å². The van der Waals surface area contributed by atoms with Gasteiger partial charge in [0.25, 0.3) is 5.82 Å². The molecule has 0 atom stereocenters. The van der Waals surface area contributed by atoms with Crippen molar-refractivity contribution in [1.29, 1.82) is 0 Å². The van der Waals surface area contributed by atoms with Gasteiger partial charge in [-0.15, -0.1) is 10.2 Å². The Labute approximate surface area is 144 Å². The van der Waals surface area contributed by atoms with Crippen LogP contribution in [0.3, 0.4) is 0 Å². The Morgan fingerprint density at radius 2 is 2.17 bits per heavy atom. The zero-order valence-electron chi connectivity index (χ0n) is 13.7. The summed E-state index contributed by atoms with van der Waals surface area (Å²) in [6, 6.07) is 5.46. The largest absolute Gasteiger partial charge is 0.460 e. The predicted molar refractivity (Wildman–Crippen MR) is 94.3 cm³/mol. The maximum absolute atomic E-state index is 11.8. The average Bonchev–Trinajstić information content (AvgIpc) is 3.06. The van der Waals surface area contributed by atoms with Crippen LogP contribution in [0.15, 0.2) is 33.4 Å². The first-order valence-electron chi connectivity index (χ1n) is 7.64. The Hall–Kier alpha value is -2.48. The molecule has 1 aromatic carbocycles. The summed E-state index contributed by atoms with van der Waals surface area (Å²) in [5.74, 6) is -0.505. The maximum atomic E-state index is 11.8. The summed E-state index contributed by atoms with van der Waals surface area (Å²) in [4.78, 5) is 19.7. The second kappa shape index (κ2) is 8.97. The van der Waals surface area contributed by atoms with Crippen molar-refractivity contribution in [3.05, 3.63) is 29.6 Å². The van der Waals surface area contributed by atoms with Crippen molar-refractivity contribution in [2.24, 2.45) is 15.2 Å². The van der Waals surface area contributed by atoms with Gasteiger partial charge in [-0.3, -0.25) is 4.99 Å². The molecule has 8 heteroatoms. The Bertz CT molecular complexity index is 742. The molecular formula is C16H19N5O2S. The zero-order chi connectivity index (χ0) is 17.4. The lowest BCUT2D eigenvalue weighted by molar-refractivity contribution is 0.0485. The van der Waals surface area contributed by atoms with E-state index in [0.717, 1.165) is 42.0 Å². The molecule has 0 spiro atoms. The number of carbonyl (C=O) groups excluding carboxylic acids is 1. The van der Waals surface area contributed by atoms with Gasteiger partial charge >= 0.3 is 5.97 Å². The van der Waals surface area contributed by atoms with E-state index >= 15 is 0 Å². The number of unbranched alkanes of at least 4 members (excludes halogenated alkanes) is 2. The van der Waals surface area contributed by atoms with Crippen molar-refractivity contribution in [1.82, 2.24) is 9.36 Å². The summed E-state index contributed by atoms with van der Waals surface area (Å²) in [6.07, 6.45) is 2.94. The zero-order valence-corrected chi connectivity index (χ0v) is 14.5. The van der Waals surface area contributed by atoms with E-state index in [1.54, 1.807) is 12.1 Å². The normalized spacial score (nSPS) is 10.9. The van der Waals surface area contributed by atoms with Crippen LogP contribution in [-0.4, -0.2) is 28.7 Å². The van der Waals surface area contributed by atoms with Crippen molar-refractivity contribution in [2.45, 2.75) is 33.1 Å². The van der Waals surface area contributed by atoms with Crippen molar-refractivity contribution in [3.63, 3.8) is 0 Å². The second-order valence-electron chi connectivity index (χ2n) is 5.07. The van der Waals surface area contributed by atoms with E-state index in [1.807, 2.05) is 13.0 Å². The van der Waals surface area contributed by atoms with Gasteiger partial charge in [0.05, 0.1) is 18.0 Å². The van der Waals surface area contributed by atoms with Crippen LogP contribution in [0.2, 0.25) is 0 Å². The van der Waals surface area contributed by atoms with Crippen LogP contribution in [0.1, 0.15) is 42.4 Å². The number of nitrogens with zero attached hydrogens (tertiary/aromatic N) is 5. The number of hydrogen-bond donors (Lipinski definition) is 0. The summed E-state index contributed by atoms with van der Waals surface area (Å²) in [7, 11) is 0. The minimum Gasteiger partial charge on any atom is -0.460 e. The SMILES string of the molecule is C=Nc1ccc(N=Nc2nc(C(=O)OCCCCC)ns2)c(C)c1. The van der Waals surface area contributed by atoms with Crippen LogP contribution in [-0.2, 0) is 4.74 Å². The van der Waals surface area contributed by atoms with E-state index in [1.165, 1.54) is 0 Å². The van der Waals surface area contributed by atoms with Crippen molar-refractivity contribution >= 4 is 40.7 Å². The molecule has 0 N–H and O–H groups in total. The van der Waals surface area contributed by atoms with Crippen LogP contribution in [0, 0.1) is 6.92 Å². The van der Waals surface area contributed by atoms with Crippen molar-refractivity contribution in [2.75, 3.05) is 6.61 Å². The first-order chi connectivity index (χ1) is 11.6. The molecule has 0 amide bonds. The molecule has 0 saturated carbocycles. The maximum Gasteiger partial charge on any atom is 0.377 e. The number of aromatic nitrogens is 2. The van der Waals surface area contributed by atoms with E-state index in [0.29, 0.717) is 17.4 Å². The number of carbonyl (C=O) groups is 1. The topological polar surface area (TPSA) is 89.2 Å². The molecule has 0 fully saturated rings. The van der Waals surface area contributed by atoms with Crippen LogP contribution < -0.4 is 0 Å². The predicted octanol–water partition coefficient (Wildman–Crippen LogP) is 4.94. The molecule has 0 aliphatic rings. The molecule has 0 unspecified atom stereocenters. The van der Waals surface area contributed by atoms with Crippen LogP contribution in [0.5, 0.6) is 0 Å². The molecule has 1 aromatic heterocycles. The van der Waals surface area contributed by atoms with Crippen molar-refractivity contribution in [3.8, 4) is 0 Å². The number of esters is 1. The molecule has 2 rings (SSSR count). The molecule has 24 heavy (non-hydrogen) atoms. The van der Waals surface area contributed by atoms with E-state index < -0.39 is 5.97 Å². The van der Waals surface area contributed by atoms with Gasteiger partial charge < -0.3 is 4.74 Å². The Kier molecular flexibility index (Phi) is 6.68. The van der Waals surface area contributed by atoms with Gasteiger partial charge in [0.15, 0.2) is 0 Å². The second-order valence-corrected chi connectivity index (χ2v) is 5.80. The Morgan fingerprint density at radius 3 is 2.88 bits per heavy atom. The highest BCUT2D eigenvalue weighted by atomic mass is 32.1. The van der Waals surface area contributed by atoms with Crippen LogP contribution in [0.4, 0.5) is 16.5 Å². The van der Waals surface area contributed by atoms with E-state index in [4.69, 9.17) is 4.74 Å². The standard InChI is InChI=1S/C16H19N5O2S/c1-4-5-6-9-23-15(22)14-18-16(24-21-14)20-19-13-8-7-12(17-3)10-11(13)2/h7-8,10H,3-6,9H2,1-2H3. The lowest BCUT2D eigenvalue weighted by atomic mass is 10.2. The number of azo groups is 1. The highest BCUT2D eigenvalue weighted by molar-refractivity contribution is 7.09. The van der Waals surface area contributed by atoms with Gasteiger partial charge in [-0.25, -0.2) is 4.79 Å². The van der Waals surface area contributed by atoms with Gasteiger partial charge in [-0.05, 0) is 43.8 Å². The van der Waals surface area contributed by atoms with Gasteiger partial charge in [-0.2, -0.15) is 9.36 Å². The molecule has 2 aromatic rings. The summed E-state index contributed by atoms with van der Waals surface area (Å²) in [6.45, 7) is 7.85. The average molecular weight is 345 g/mol. The summed E-state index contributed by atoms with van der Waals surface area (Å²) in [5, 5.41) is 8.46. The number of benzene rings is 1. The molecule has 0 aliphatic carbocycles. The van der Waals surface area contributed by atoms with Crippen LogP contribution in [0.25, 0.3) is 0 Å².